The first-order valence-corrected chi connectivity index (χ1v) is 8.95. The molecule has 0 bridgehead atoms. The number of imide groups is 1. The van der Waals surface area contributed by atoms with E-state index in [0.29, 0.717) is 24.3 Å². The molecule has 27 heavy (non-hydrogen) atoms. The first kappa shape index (κ1) is 17.4. The van der Waals surface area contributed by atoms with Crippen molar-refractivity contribution in [3.05, 3.63) is 47.5 Å². The Morgan fingerprint density at radius 2 is 2.07 bits per heavy atom. The molecule has 1 N–H and O–H groups in total. The number of hydrogen-bond acceptors (Lipinski definition) is 5. The predicted octanol–water partition coefficient (Wildman–Crippen LogP) is 2.70. The monoisotopic (exact) mass is 385 g/mol. The van der Waals surface area contributed by atoms with E-state index < -0.39 is 11.9 Å². The minimum absolute atomic E-state index is 0.206. The summed E-state index contributed by atoms with van der Waals surface area (Å²) in [5, 5.41) is 2.88. The minimum Gasteiger partial charge on any atom is -0.321 e. The van der Waals surface area contributed by atoms with E-state index in [9.17, 15) is 14.4 Å². The molecule has 2 saturated heterocycles. The SMILES string of the molecule is O=C(Nc1ccc(N2C(=O)C3CCCCN3C2=O)c(Cl)c1)c1ccncn1. The maximum absolute atomic E-state index is 12.7. The Bertz CT molecular complexity index is 896. The molecule has 9 heteroatoms. The van der Waals surface area contributed by atoms with Gasteiger partial charge in [0.1, 0.15) is 18.1 Å². The summed E-state index contributed by atoms with van der Waals surface area (Å²) in [6, 6.07) is 5.41. The van der Waals surface area contributed by atoms with Crippen molar-refractivity contribution < 1.29 is 14.4 Å². The van der Waals surface area contributed by atoms with E-state index in [1.165, 1.54) is 24.7 Å². The van der Waals surface area contributed by atoms with Crippen LogP contribution in [0.4, 0.5) is 16.2 Å². The Balaban J connectivity index is 1.56. The number of benzene rings is 1. The molecule has 138 valence electrons. The second kappa shape index (κ2) is 6.96. The summed E-state index contributed by atoms with van der Waals surface area (Å²) in [4.78, 5) is 47.9. The number of nitrogens with zero attached hydrogens (tertiary/aromatic N) is 4. The van der Waals surface area contributed by atoms with Gasteiger partial charge in [-0.1, -0.05) is 11.6 Å². The number of carbonyl (C=O) groups is 3. The number of fused-ring (bicyclic) bond motifs is 1. The summed E-state index contributed by atoms with van der Waals surface area (Å²) in [7, 11) is 0. The highest BCUT2D eigenvalue weighted by molar-refractivity contribution is 6.36. The van der Waals surface area contributed by atoms with Gasteiger partial charge < -0.3 is 10.2 Å². The van der Waals surface area contributed by atoms with Crippen molar-refractivity contribution in [1.82, 2.24) is 14.9 Å². The van der Waals surface area contributed by atoms with Crippen molar-refractivity contribution in [2.24, 2.45) is 0 Å². The maximum atomic E-state index is 12.7. The molecule has 4 rings (SSSR count). The molecule has 3 heterocycles. The van der Waals surface area contributed by atoms with Crippen molar-refractivity contribution in [3.8, 4) is 0 Å². The number of aromatic nitrogens is 2. The number of urea groups is 1. The lowest BCUT2D eigenvalue weighted by molar-refractivity contribution is -0.120. The fraction of sp³-hybridized carbons (Fsp3) is 0.278. The van der Waals surface area contributed by atoms with Crippen LogP contribution in [0.1, 0.15) is 29.8 Å². The molecule has 1 aromatic carbocycles. The molecule has 4 amide bonds. The fourth-order valence-electron chi connectivity index (χ4n) is 3.40. The lowest BCUT2D eigenvalue weighted by atomic mass is 10.0. The Morgan fingerprint density at radius 3 is 2.78 bits per heavy atom. The summed E-state index contributed by atoms with van der Waals surface area (Å²) >= 11 is 6.33. The highest BCUT2D eigenvalue weighted by Gasteiger charge is 2.47. The second-order valence-electron chi connectivity index (χ2n) is 6.38. The Kier molecular flexibility index (Phi) is 4.49. The molecule has 1 unspecified atom stereocenters. The molecule has 8 nitrogen and oxygen atoms in total. The molecule has 2 aliphatic rings. The maximum Gasteiger partial charge on any atom is 0.332 e. The third-order valence-corrected chi connectivity index (χ3v) is 5.01. The van der Waals surface area contributed by atoms with Gasteiger partial charge in [0.25, 0.3) is 11.8 Å². The molecule has 0 radical (unpaired) electrons. The number of amides is 4. The van der Waals surface area contributed by atoms with E-state index >= 15 is 0 Å². The second-order valence-corrected chi connectivity index (χ2v) is 6.78. The van der Waals surface area contributed by atoms with Gasteiger partial charge in [-0.15, -0.1) is 0 Å². The number of hydrogen-bond donors (Lipinski definition) is 1. The Labute approximate surface area is 160 Å². The zero-order valence-corrected chi connectivity index (χ0v) is 15.0. The van der Waals surface area contributed by atoms with E-state index in [4.69, 9.17) is 11.6 Å². The normalized spacial score (nSPS) is 19.2. The fourth-order valence-corrected chi connectivity index (χ4v) is 3.66. The Hall–Kier alpha value is -3.00. The molecule has 1 aromatic heterocycles. The lowest BCUT2D eigenvalue weighted by Gasteiger charge is -2.26. The molecule has 2 aliphatic heterocycles. The van der Waals surface area contributed by atoms with Crippen LogP contribution in [0.2, 0.25) is 5.02 Å². The molecule has 2 aromatic rings. The zero-order valence-electron chi connectivity index (χ0n) is 14.3. The van der Waals surface area contributed by atoms with Crippen molar-refractivity contribution in [3.63, 3.8) is 0 Å². The molecule has 0 saturated carbocycles. The summed E-state index contributed by atoms with van der Waals surface area (Å²) in [5.41, 5.74) is 0.970. The van der Waals surface area contributed by atoms with Crippen LogP contribution in [0.15, 0.2) is 36.8 Å². The van der Waals surface area contributed by atoms with Crippen LogP contribution in [0.3, 0.4) is 0 Å². The predicted molar refractivity (Wildman–Crippen MR) is 98.7 cm³/mol. The van der Waals surface area contributed by atoms with Gasteiger partial charge in [-0.2, -0.15) is 0 Å². The summed E-state index contributed by atoms with van der Waals surface area (Å²) in [6.07, 6.45) is 5.24. The number of carbonyl (C=O) groups excluding carboxylic acids is 3. The summed E-state index contributed by atoms with van der Waals surface area (Å²) in [6.45, 7) is 0.580. The van der Waals surface area contributed by atoms with E-state index in [-0.39, 0.29) is 22.7 Å². The van der Waals surface area contributed by atoms with Crippen LogP contribution >= 0.6 is 11.6 Å². The van der Waals surface area contributed by atoms with Gasteiger partial charge in [-0.3, -0.25) is 9.59 Å². The van der Waals surface area contributed by atoms with Crippen LogP contribution in [0.25, 0.3) is 0 Å². The number of anilines is 2. The third-order valence-electron chi connectivity index (χ3n) is 4.71. The van der Waals surface area contributed by atoms with E-state index in [1.807, 2.05) is 0 Å². The van der Waals surface area contributed by atoms with Crippen LogP contribution in [-0.4, -0.2) is 45.3 Å². The smallest absolute Gasteiger partial charge is 0.321 e. The van der Waals surface area contributed by atoms with Gasteiger partial charge in [0.2, 0.25) is 0 Å². The van der Waals surface area contributed by atoms with Gasteiger partial charge in [0.05, 0.1) is 10.7 Å². The minimum atomic E-state index is -0.410. The molecular weight excluding hydrogens is 370 g/mol. The van der Waals surface area contributed by atoms with Gasteiger partial charge in [0, 0.05) is 18.4 Å². The van der Waals surface area contributed by atoms with Crippen LogP contribution in [0.5, 0.6) is 0 Å². The topological polar surface area (TPSA) is 95.5 Å². The van der Waals surface area contributed by atoms with Crippen LogP contribution in [-0.2, 0) is 4.79 Å². The molecule has 0 aliphatic carbocycles. The zero-order chi connectivity index (χ0) is 19.0. The van der Waals surface area contributed by atoms with Gasteiger partial charge in [-0.25, -0.2) is 19.7 Å². The molecule has 1 atom stereocenters. The lowest BCUT2D eigenvalue weighted by Crippen LogP contribution is -2.39. The number of nitrogens with one attached hydrogen (secondary N) is 1. The molecular formula is C18H16ClN5O3. The summed E-state index contributed by atoms with van der Waals surface area (Å²) in [5.74, 6) is -0.661. The van der Waals surface area contributed by atoms with Gasteiger partial charge in [0.15, 0.2) is 0 Å². The first-order valence-electron chi connectivity index (χ1n) is 8.58. The average Bonchev–Trinajstić information content (AvgIpc) is 2.94. The van der Waals surface area contributed by atoms with Crippen molar-refractivity contribution in [2.45, 2.75) is 25.3 Å². The molecule has 2 fully saturated rings. The number of halogens is 1. The van der Waals surface area contributed by atoms with Crippen molar-refractivity contribution in [1.29, 1.82) is 0 Å². The highest BCUT2D eigenvalue weighted by atomic mass is 35.5. The van der Waals surface area contributed by atoms with Crippen LogP contribution < -0.4 is 10.2 Å². The van der Waals surface area contributed by atoms with E-state index in [2.05, 4.69) is 15.3 Å². The largest absolute Gasteiger partial charge is 0.332 e. The standard InChI is InChI=1S/C18H16ClN5O3/c19-12-9-11(22-16(25)13-6-7-20-10-21-13)4-5-14(12)24-17(26)15-3-1-2-8-23(15)18(24)27/h4-7,9-10,15H,1-3,8H2,(H,22,25). The van der Waals surface area contributed by atoms with Gasteiger partial charge in [-0.05, 0) is 43.5 Å². The summed E-state index contributed by atoms with van der Waals surface area (Å²) < 4.78 is 0. The number of piperidine rings is 1. The van der Waals surface area contributed by atoms with Gasteiger partial charge >= 0.3 is 6.03 Å². The molecule has 0 spiro atoms. The quantitative estimate of drug-likeness (QED) is 0.819. The van der Waals surface area contributed by atoms with Crippen LogP contribution in [0, 0.1) is 0 Å². The van der Waals surface area contributed by atoms with E-state index in [1.54, 1.807) is 17.0 Å². The third kappa shape index (κ3) is 3.12. The highest BCUT2D eigenvalue weighted by Crippen LogP contribution is 2.35. The van der Waals surface area contributed by atoms with Crippen molar-refractivity contribution >= 4 is 40.8 Å². The number of rotatable bonds is 3. The first-order chi connectivity index (χ1) is 13.1. The van der Waals surface area contributed by atoms with Crippen molar-refractivity contribution in [2.75, 3.05) is 16.8 Å². The van der Waals surface area contributed by atoms with E-state index in [0.717, 1.165) is 17.7 Å². The Morgan fingerprint density at radius 1 is 1.22 bits per heavy atom. The average molecular weight is 386 g/mol.